The number of carbonyl (C=O) groups is 3. The molecule has 0 rings (SSSR count). The Hall–Kier alpha value is -1.67. The molecular formula is C18H34N4O4-2. The summed E-state index contributed by atoms with van der Waals surface area (Å²) < 4.78 is 5.03. The number of carbonyl (C=O) groups excluding carboxylic acids is 3. The third kappa shape index (κ3) is 13.6. The molecule has 26 heavy (non-hydrogen) atoms. The number of esters is 1. The highest BCUT2D eigenvalue weighted by Crippen LogP contribution is 2.06. The Morgan fingerprint density at radius 2 is 1.54 bits per heavy atom. The first-order chi connectivity index (χ1) is 12.3. The highest BCUT2D eigenvalue weighted by atomic mass is 16.5. The van der Waals surface area contributed by atoms with Crippen LogP contribution in [0.1, 0.15) is 52.9 Å². The molecule has 2 N–H and O–H groups in total. The molecule has 0 saturated heterocycles. The Bertz CT molecular complexity index is 431. The second-order valence-corrected chi connectivity index (χ2v) is 6.54. The van der Waals surface area contributed by atoms with Gasteiger partial charge in [-0.05, 0) is 19.3 Å². The van der Waals surface area contributed by atoms with Gasteiger partial charge in [0.25, 0.3) is 0 Å². The van der Waals surface area contributed by atoms with Gasteiger partial charge in [0.15, 0.2) is 0 Å². The fourth-order valence-corrected chi connectivity index (χ4v) is 2.24. The van der Waals surface area contributed by atoms with Crippen LogP contribution in [0.15, 0.2) is 0 Å². The minimum absolute atomic E-state index is 0.00910. The summed E-state index contributed by atoms with van der Waals surface area (Å²) in [6.45, 7) is 5.84. The molecule has 0 aliphatic heterocycles. The van der Waals surface area contributed by atoms with Crippen molar-refractivity contribution in [3.8, 4) is 0 Å². The lowest BCUT2D eigenvalue weighted by atomic mass is 10.1. The highest BCUT2D eigenvalue weighted by Gasteiger charge is 2.14. The van der Waals surface area contributed by atoms with Gasteiger partial charge in [-0.2, -0.15) is 14.1 Å². The van der Waals surface area contributed by atoms with Crippen molar-refractivity contribution >= 4 is 17.8 Å². The van der Waals surface area contributed by atoms with E-state index in [1.165, 1.54) is 6.92 Å². The number of unbranched alkanes of at least 4 members (excludes halogenated alkanes) is 1. The number of hydrogen-bond donors (Lipinski definition) is 2. The van der Waals surface area contributed by atoms with Crippen molar-refractivity contribution < 1.29 is 19.1 Å². The third-order valence-corrected chi connectivity index (χ3v) is 4.00. The molecule has 2 amide bonds. The number of rotatable bonds is 14. The van der Waals surface area contributed by atoms with Crippen molar-refractivity contribution in [1.29, 1.82) is 0 Å². The Morgan fingerprint density at radius 3 is 2.08 bits per heavy atom. The van der Waals surface area contributed by atoms with Crippen LogP contribution in [0.25, 0.3) is 10.6 Å². The van der Waals surface area contributed by atoms with Gasteiger partial charge in [-0.25, -0.2) is 0 Å². The highest BCUT2D eigenvalue weighted by molar-refractivity contribution is 5.77. The topological polar surface area (TPSA) is 113 Å². The molecule has 0 aromatic rings. The molecular weight excluding hydrogens is 336 g/mol. The number of hydrogen-bond acceptors (Lipinski definition) is 4. The lowest BCUT2D eigenvalue weighted by Crippen LogP contribution is -2.39. The van der Waals surface area contributed by atoms with Crippen LogP contribution in [-0.2, 0) is 19.1 Å². The average molecular weight is 370 g/mol. The van der Waals surface area contributed by atoms with Crippen LogP contribution < -0.4 is 10.6 Å². The van der Waals surface area contributed by atoms with E-state index >= 15 is 0 Å². The molecule has 0 aliphatic carbocycles. The maximum Gasteiger partial charge on any atom is 0.302 e. The van der Waals surface area contributed by atoms with Crippen molar-refractivity contribution in [2.75, 3.05) is 27.2 Å². The molecule has 0 aromatic heterocycles. The van der Waals surface area contributed by atoms with Gasteiger partial charge in [0.05, 0.1) is 6.04 Å². The molecule has 8 nitrogen and oxygen atoms in total. The quantitative estimate of drug-likeness (QED) is 0.359. The molecule has 0 aliphatic rings. The average Bonchev–Trinajstić information content (AvgIpc) is 2.58. The van der Waals surface area contributed by atoms with E-state index in [4.69, 9.17) is 4.74 Å². The number of nitrogens with zero attached hydrogens (tertiary/aromatic N) is 2. The summed E-state index contributed by atoms with van der Waals surface area (Å²) in [5, 5.41) is 13.8. The van der Waals surface area contributed by atoms with Crippen molar-refractivity contribution in [3.63, 3.8) is 0 Å². The summed E-state index contributed by atoms with van der Waals surface area (Å²) in [5.74, 6) is -0.486. The summed E-state index contributed by atoms with van der Waals surface area (Å²) in [6.07, 6.45) is 2.96. The van der Waals surface area contributed by atoms with E-state index in [9.17, 15) is 14.4 Å². The van der Waals surface area contributed by atoms with E-state index < -0.39 is 0 Å². The third-order valence-electron chi connectivity index (χ3n) is 4.00. The van der Waals surface area contributed by atoms with Gasteiger partial charge in [0.2, 0.25) is 11.8 Å². The summed E-state index contributed by atoms with van der Waals surface area (Å²) in [4.78, 5) is 34.7. The minimum atomic E-state index is -0.371. The summed E-state index contributed by atoms with van der Waals surface area (Å²) in [6, 6.07) is -0.252. The molecule has 0 spiro atoms. The van der Waals surface area contributed by atoms with E-state index in [1.54, 1.807) is 14.1 Å². The second kappa shape index (κ2) is 14.5. The smallest absolute Gasteiger partial charge is 0.302 e. The van der Waals surface area contributed by atoms with Gasteiger partial charge in [0.1, 0.15) is 6.61 Å². The van der Waals surface area contributed by atoms with E-state index in [2.05, 4.69) is 21.3 Å². The van der Waals surface area contributed by atoms with Gasteiger partial charge >= 0.3 is 5.97 Å². The zero-order valence-electron chi connectivity index (χ0n) is 16.7. The summed E-state index contributed by atoms with van der Waals surface area (Å²) >= 11 is 0. The van der Waals surface area contributed by atoms with Crippen LogP contribution in [0.5, 0.6) is 0 Å². The Labute approximate surface area is 157 Å². The first-order valence-corrected chi connectivity index (χ1v) is 9.15. The number of nitrogens with one attached hydrogen (secondary N) is 2. The fourth-order valence-electron chi connectivity index (χ4n) is 2.24. The van der Waals surface area contributed by atoms with Gasteiger partial charge in [-0.3, -0.25) is 14.4 Å². The molecule has 0 radical (unpaired) electrons. The van der Waals surface area contributed by atoms with Crippen molar-refractivity contribution in [3.05, 3.63) is 10.6 Å². The van der Waals surface area contributed by atoms with Gasteiger partial charge in [-0.1, -0.05) is 13.8 Å². The maximum absolute atomic E-state index is 12.0. The van der Waals surface area contributed by atoms with Gasteiger partial charge in [-0.15, -0.1) is 12.1 Å². The lowest BCUT2D eigenvalue weighted by molar-refractivity contribution is -0.142. The van der Waals surface area contributed by atoms with Crippen LogP contribution in [0.2, 0.25) is 0 Å². The monoisotopic (exact) mass is 370 g/mol. The van der Waals surface area contributed by atoms with E-state index in [0.29, 0.717) is 25.8 Å². The predicted octanol–water partition coefficient (Wildman–Crippen LogP) is 1.89. The standard InChI is InChI=1S/C18H34N4O4/c1-13(19-4)10-17(24)21-9-7-6-8-16(12-26-15(3)23)22-18(25)11-14(2)20-5/h13-14,16H,6-12H2,1-5H3,(H,21,24)(H,22,25)/q-2/t13-,14-,16+/m1/s1. The molecule has 0 aromatic carbocycles. The first-order valence-electron chi connectivity index (χ1n) is 9.15. The van der Waals surface area contributed by atoms with Crippen LogP contribution in [0.4, 0.5) is 0 Å². The fraction of sp³-hybridized carbons (Fsp3) is 0.833. The van der Waals surface area contributed by atoms with Crippen LogP contribution in [-0.4, -0.2) is 63.2 Å². The van der Waals surface area contributed by atoms with Crippen molar-refractivity contribution in [2.45, 2.75) is 71.0 Å². The maximum atomic E-state index is 12.0. The number of ether oxygens (including phenoxy) is 1. The molecule has 8 heteroatoms. The Balaban J connectivity index is 4.15. The van der Waals surface area contributed by atoms with Gasteiger partial charge in [0, 0.05) is 26.3 Å². The molecule has 0 heterocycles. The minimum Gasteiger partial charge on any atom is -0.662 e. The molecule has 0 unspecified atom stereocenters. The largest absolute Gasteiger partial charge is 0.662 e. The molecule has 3 atom stereocenters. The normalized spacial score (nSPS) is 14.2. The molecule has 0 fully saturated rings. The summed E-state index contributed by atoms with van der Waals surface area (Å²) in [7, 11) is 3.38. The summed E-state index contributed by atoms with van der Waals surface area (Å²) in [5.41, 5.74) is 0. The van der Waals surface area contributed by atoms with Crippen LogP contribution in [0.3, 0.4) is 0 Å². The molecule has 152 valence electrons. The SMILES string of the molecule is C[N-][C@H](C)CC(=O)NCCCC[C@@H](COC(C)=O)NC(=O)C[C@@H](C)[N-]C. The van der Waals surface area contributed by atoms with Crippen molar-refractivity contribution in [2.24, 2.45) is 0 Å². The predicted molar refractivity (Wildman–Crippen MR) is 102 cm³/mol. The molecule has 0 bridgehead atoms. The zero-order chi connectivity index (χ0) is 19.9. The number of amides is 2. The van der Waals surface area contributed by atoms with E-state index in [1.807, 2.05) is 13.8 Å². The Kier molecular flexibility index (Phi) is 13.6. The van der Waals surface area contributed by atoms with Crippen LogP contribution >= 0.6 is 0 Å². The van der Waals surface area contributed by atoms with Crippen LogP contribution in [0, 0.1) is 0 Å². The van der Waals surface area contributed by atoms with Crippen molar-refractivity contribution in [1.82, 2.24) is 10.6 Å². The first kappa shape index (κ1) is 24.3. The van der Waals surface area contributed by atoms with E-state index in [0.717, 1.165) is 12.8 Å². The zero-order valence-corrected chi connectivity index (χ0v) is 16.7. The lowest BCUT2D eigenvalue weighted by Gasteiger charge is -2.24. The molecule has 0 saturated carbocycles. The second-order valence-electron chi connectivity index (χ2n) is 6.54. The Morgan fingerprint density at radius 1 is 0.962 bits per heavy atom. The van der Waals surface area contributed by atoms with E-state index in [-0.39, 0.29) is 42.5 Å². The van der Waals surface area contributed by atoms with Gasteiger partial charge < -0.3 is 26.0 Å².